The number of nitrogens with zero attached hydrogens (tertiary/aromatic N) is 3. The number of aliphatic carboxylic acids is 1. The van der Waals surface area contributed by atoms with E-state index in [9.17, 15) is 14.3 Å². The Hall–Kier alpha value is -3.01. The number of carbonyl (C=O) groups is 1. The summed E-state index contributed by atoms with van der Waals surface area (Å²) in [7, 11) is 3.47. The maximum atomic E-state index is 14.5. The number of hydrogen-bond donors (Lipinski definition) is 3. The number of carboxylic acids is 1. The summed E-state index contributed by atoms with van der Waals surface area (Å²) >= 11 is 5.92. The van der Waals surface area contributed by atoms with Crippen molar-refractivity contribution in [2.45, 2.75) is 19.4 Å². The first-order valence-electron chi connectivity index (χ1n) is 11.0. The summed E-state index contributed by atoms with van der Waals surface area (Å²) in [6, 6.07) is 8.40. The van der Waals surface area contributed by atoms with Gasteiger partial charge in [0.25, 0.3) is 0 Å². The molecule has 0 aliphatic carbocycles. The Morgan fingerprint density at radius 2 is 2.21 bits per heavy atom. The van der Waals surface area contributed by atoms with Gasteiger partial charge in [0, 0.05) is 36.7 Å². The highest BCUT2D eigenvalue weighted by Gasteiger charge is 2.40. The molecule has 2 aromatic carbocycles. The largest absolute Gasteiger partial charge is 0.496 e. The first kappa shape index (κ1) is 24.1. The molecule has 8 nitrogen and oxygen atoms in total. The minimum Gasteiger partial charge on any atom is -0.496 e. The van der Waals surface area contributed by atoms with Crippen LogP contribution in [0.4, 0.5) is 15.9 Å². The molecule has 2 heterocycles. The lowest BCUT2D eigenvalue weighted by Gasteiger charge is -2.37. The van der Waals surface area contributed by atoms with Crippen LogP contribution in [0.3, 0.4) is 0 Å². The third kappa shape index (κ3) is 4.91. The quantitative estimate of drug-likeness (QED) is 0.437. The van der Waals surface area contributed by atoms with E-state index in [4.69, 9.17) is 16.3 Å². The van der Waals surface area contributed by atoms with Crippen molar-refractivity contribution in [2.75, 3.05) is 39.1 Å². The highest BCUT2D eigenvalue weighted by molar-refractivity contribution is 6.31. The second-order valence-corrected chi connectivity index (χ2v) is 9.08. The minimum absolute atomic E-state index is 0.0110. The van der Waals surface area contributed by atoms with Crippen LogP contribution in [0, 0.1) is 11.2 Å². The van der Waals surface area contributed by atoms with E-state index >= 15 is 0 Å². The average molecular weight is 488 g/mol. The summed E-state index contributed by atoms with van der Waals surface area (Å²) in [6.45, 7) is 2.11. The monoisotopic (exact) mass is 487 g/mol. The van der Waals surface area contributed by atoms with Gasteiger partial charge in [-0.15, -0.1) is 0 Å². The van der Waals surface area contributed by atoms with Gasteiger partial charge >= 0.3 is 5.97 Å². The fourth-order valence-corrected chi connectivity index (χ4v) is 4.66. The lowest BCUT2D eigenvalue weighted by molar-refractivity contribution is -0.151. The molecule has 0 amide bonds. The van der Waals surface area contributed by atoms with Gasteiger partial charge in [0.15, 0.2) is 5.82 Å². The van der Waals surface area contributed by atoms with Gasteiger partial charge in [-0.1, -0.05) is 17.7 Å². The molecule has 34 heavy (non-hydrogen) atoms. The number of ether oxygens (including phenoxy) is 1. The Labute approximate surface area is 202 Å². The number of rotatable bonds is 8. The van der Waals surface area contributed by atoms with E-state index in [0.717, 1.165) is 18.5 Å². The van der Waals surface area contributed by atoms with Gasteiger partial charge in [-0.25, -0.2) is 14.4 Å². The van der Waals surface area contributed by atoms with Crippen molar-refractivity contribution in [2.24, 2.45) is 5.41 Å². The first-order chi connectivity index (χ1) is 16.3. The van der Waals surface area contributed by atoms with E-state index in [-0.39, 0.29) is 10.7 Å². The van der Waals surface area contributed by atoms with Gasteiger partial charge < -0.3 is 25.4 Å². The number of piperidine rings is 1. The van der Waals surface area contributed by atoms with Crippen LogP contribution in [0.2, 0.25) is 5.02 Å². The van der Waals surface area contributed by atoms with Crippen LogP contribution < -0.4 is 15.4 Å². The predicted molar refractivity (Wildman–Crippen MR) is 129 cm³/mol. The number of nitrogens with one attached hydrogen (secondary N) is 2. The molecule has 3 N–H and O–H groups in total. The number of benzene rings is 2. The summed E-state index contributed by atoms with van der Waals surface area (Å²) in [4.78, 5) is 22.7. The second-order valence-electron chi connectivity index (χ2n) is 8.67. The Morgan fingerprint density at radius 3 is 2.91 bits per heavy atom. The van der Waals surface area contributed by atoms with Crippen molar-refractivity contribution in [3.63, 3.8) is 0 Å². The minimum atomic E-state index is -0.836. The van der Waals surface area contributed by atoms with Crippen LogP contribution in [0.25, 0.3) is 10.9 Å². The van der Waals surface area contributed by atoms with Crippen LogP contribution in [0.15, 0.2) is 36.7 Å². The van der Waals surface area contributed by atoms with Gasteiger partial charge in [-0.3, -0.25) is 4.79 Å². The zero-order chi connectivity index (χ0) is 24.3. The summed E-state index contributed by atoms with van der Waals surface area (Å²) in [5.74, 6) is -0.301. The highest BCUT2D eigenvalue weighted by Crippen LogP contribution is 2.33. The zero-order valence-electron chi connectivity index (χ0n) is 19.1. The van der Waals surface area contributed by atoms with Gasteiger partial charge in [-0.05, 0) is 44.6 Å². The van der Waals surface area contributed by atoms with Crippen molar-refractivity contribution < 1.29 is 19.0 Å². The Kier molecular flexibility index (Phi) is 7.16. The maximum absolute atomic E-state index is 14.5. The summed E-state index contributed by atoms with van der Waals surface area (Å²) in [5, 5.41) is 16.8. The molecule has 0 bridgehead atoms. The molecule has 0 spiro atoms. The van der Waals surface area contributed by atoms with Gasteiger partial charge in [0.1, 0.15) is 17.9 Å². The van der Waals surface area contributed by atoms with Crippen molar-refractivity contribution >= 4 is 40.0 Å². The lowest BCUT2D eigenvalue weighted by Crippen LogP contribution is -2.51. The van der Waals surface area contributed by atoms with Crippen LogP contribution in [0.5, 0.6) is 5.75 Å². The van der Waals surface area contributed by atoms with E-state index in [1.807, 2.05) is 18.0 Å². The molecule has 1 saturated heterocycles. The molecule has 1 atom stereocenters. The molecule has 1 fully saturated rings. The standard InChI is InChI=1S/C24H27ClFN5O3/c1-31(13-24(23(32)33)7-4-8-27-12-24)11-15-9-16-19(10-20(15)34-2)28-14-29-22(16)30-18-6-3-5-17(25)21(18)26/h3,5-6,9-10,14,27H,4,7-8,11-13H2,1-2H3,(H,32,33)(H,28,29,30). The molecule has 0 radical (unpaired) electrons. The number of aromatic nitrogens is 2. The third-order valence-corrected chi connectivity index (χ3v) is 6.47. The predicted octanol–water partition coefficient (Wildman–Crippen LogP) is 4.06. The van der Waals surface area contributed by atoms with E-state index in [0.29, 0.717) is 48.5 Å². The Bertz CT molecular complexity index is 1200. The molecule has 1 aromatic heterocycles. The Balaban J connectivity index is 1.65. The number of carboxylic acid groups (broad SMARTS) is 1. The third-order valence-electron chi connectivity index (χ3n) is 6.18. The van der Waals surface area contributed by atoms with Crippen LogP contribution in [0.1, 0.15) is 18.4 Å². The molecule has 3 aromatic rings. The molecule has 4 rings (SSSR count). The fourth-order valence-electron chi connectivity index (χ4n) is 4.49. The van der Waals surface area contributed by atoms with Crippen molar-refractivity contribution in [3.8, 4) is 5.75 Å². The van der Waals surface area contributed by atoms with E-state index < -0.39 is 17.2 Å². The van der Waals surface area contributed by atoms with Crippen molar-refractivity contribution in [1.82, 2.24) is 20.2 Å². The normalized spacial score (nSPS) is 18.3. The van der Waals surface area contributed by atoms with E-state index in [1.54, 1.807) is 25.3 Å². The van der Waals surface area contributed by atoms with Crippen molar-refractivity contribution in [3.05, 3.63) is 53.1 Å². The van der Waals surface area contributed by atoms with Crippen LogP contribution in [-0.4, -0.2) is 59.7 Å². The molecular formula is C24H27ClFN5O3. The SMILES string of the molecule is COc1cc2ncnc(Nc3cccc(Cl)c3F)c2cc1CN(C)CC1(C(=O)O)CCCNC1. The number of halogens is 2. The number of hydrogen-bond acceptors (Lipinski definition) is 7. The molecule has 10 heteroatoms. The molecule has 1 aliphatic heterocycles. The van der Waals surface area contributed by atoms with Gasteiger partial charge in [-0.2, -0.15) is 0 Å². The second kappa shape index (κ2) is 10.1. The maximum Gasteiger partial charge on any atom is 0.312 e. The topological polar surface area (TPSA) is 99.6 Å². The molecular weight excluding hydrogens is 461 g/mol. The van der Waals surface area contributed by atoms with Crippen LogP contribution >= 0.6 is 11.6 Å². The molecule has 1 unspecified atom stereocenters. The van der Waals surface area contributed by atoms with Gasteiger partial charge in [0.2, 0.25) is 0 Å². The van der Waals surface area contributed by atoms with Gasteiger partial charge in [0.05, 0.1) is 28.8 Å². The summed E-state index contributed by atoms with van der Waals surface area (Å²) < 4.78 is 20.1. The number of fused-ring (bicyclic) bond motifs is 1. The van der Waals surface area contributed by atoms with Crippen molar-refractivity contribution in [1.29, 1.82) is 0 Å². The zero-order valence-corrected chi connectivity index (χ0v) is 19.8. The highest BCUT2D eigenvalue weighted by atomic mass is 35.5. The average Bonchev–Trinajstić information content (AvgIpc) is 2.82. The fraction of sp³-hybridized carbons (Fsp3) is 0.375. The molecule has 1 aliphatic rings. The van der Waals surface area contributed by atoms with Crippen LogP contribution in [-0.2, 0) is 11.3 Å². The lowest BCUT2D eigenvalue weighted by atomic mass is 9.80. The number of methoxy groups -OCH3 is 1. The van der Waals surface area contributed by atoms with E-state index in [1.165, 1.54) is 12.4 Å². The molecule has 180 valence electrons. The molecule has 0 saturated carbocycles. The number of anilines is 2. The van der Waals surface area contributed by atoms with E-state index in [2.05, 4.69) is 20.6 Å². The summed E-state index contributed by atoms with van der Waals surface area (Å²) in [5.41, 5.74) is 0.833. The smallest absolute Gasteiger partial charge is 0.312 e. The first-order valence-corrected chi connectivity index (χ1v) is 11.4. The Morgan fingerprint density at radius 1 is 1.38 bits per heavy atom. The summed E-state index contributed by atoms with van der Waals surface area (Å²) in [6.07, 6.45) is 2.85.